The number of rotatable bonds is 6. The van der Waals surface area contributed by atoms with Gasteiger partial charge in [-0.3, -0.25) is 0 Å². The Balaban J connectivity index is 2.04. The Kier molecular flexibility index (Phi) is 5.94. The van der Waals surface area contributed by atoms with E-state index in [4.69, 9.17) is 0 Å². The summed E-state index contributed by atoms with van der Waals surface area (Å²) in [7, 11) is 2.17. The summed E-state index contributed by atoms with van der Waals surface area (Å²) in [5, 5.41) is 7.00. The smallest absolute Gasteiger partial charge is 0.133 e. The zero-order valence-corrected chi connectivity index (χ0v) is 13.9. The maximum Gasteiger partial charge on any atom is 0.133 e. The first-order valence-corrected chi connectivity index (χ1v) is 8.09. The van der Waals surface area contributed by atoms with E-state index in [1.165, 1.54) is 11.3 Å². The molecular formula is C16H29N5. The Morgan fingerprint density at radius 2 is 2.05 bits per heavy atom. The van der Waals surface area contributed by atoms with Gasteiger partial charge in [-0.2, -0.15) is 0 Å². The highest BCUT2D eigenvalue weighted by Crippen LogP contribution is 2.20. The fraction of sp³-hybridized carbons (Fsp3) is 0.750. The quantitative estimate of drug-likeness (QED) is 0.831. The Labute approximate surface area is 128 Å². The van der Waals surface area contributed by atoms with Gasteiger partial charge in [0.25, 0.3) is 0 Å². The topological polar surface area (TPSA) is 53.1 Å². The van der Waals surface area contributed by atoms with Crippen molar-refractivity contribution in [2.45, 2.75) is 33.6 Å². The number of nitrogens with zero attached hydrogens (tertiary/aromatic N) is 3. The molecule has 0 unspecified atom stereocenters. The first-order chi connectivity index (χ1) is 10.1. The van der Waals surface area contributed by atoms with Gasteiger partial charge in [0.15, 0.2) is 0 Å². The average molecular weight is 291 g/mol. The number of nitrogens with one attached hydrogen (secondary N) is 2. The van der Waals surface area contributed by atoms with Crippen molar-refractivity contribution < 1.29 is 0 Å². The molecule has 1 aliphatic rings. The summed E-state index contributed by atoms with van der Waals surface area (Å²) in [5.74, 6) is 2.52. The normalized spacial score (nSPS) is 16.4. The van der Waals surface area contributed by atoms with Crippen molar-refractivity contribution in [2.75, 3.05) is 45.1 Å². The second kappa shape index (κ2) is 7.71. The van der Waals surface area contributed by atoms with Crippen molar-refractivity contribution >= 4 is 5.82 Å². The molecule has 0 aromatic carbocycles. The van der Waals surface area contributed by atoms with Crippen LogP contribution in [-0.2, 0) is 12.8 Å². The van der Waals surface area contributed by atoms with E-state index in [-0.39, 0.29) is 0 Å². The molecule has 0 bridgehead atoms. The number of fused-ring (bicyclic) bond motifs is 1. The molecule has 1 atom stereocenters. The monoisotopic (exact) mass is 291 g/mol. The summed E-state index contributed by atoms with van der Waals surface area (Å²) in [6.45, 7) is 11.7. The average Bonchev–Trinajstić information content (AvgIpc) is 2.69. The molecule has 0 saturated carbocycles. The molecular weight excluding hydrogens is 262 g/mol. The van der Waals surface area contributed by atoms with Crippen molar-refractivity contribution in [1.29, 1.82) is 0 Å². The molecule has 0 saturated heterocycles. The lowest BCUT2D eigenvalue weighted by Crippen LogP contribution is -2.28. The van der Waals surface area contributed by atoms with E-state index in [1.54, 1.807) is 0 Å². The molecule has 0 aliphatic carbocycles. The molecule has 0 amide bonds. The molecule has 2 N–H and O–H groups in total. The first kappa shape index (κ1) is 16.2. The Morgan fingerprint density at radius 1 is 1.29 bits per heavy atom. The van der Waals surface area contributed by atoms with Gasteiger partial charge in [-0.05, 0) is 39.4 Å². The number of aromatic nitrogens is 2. The van der Waals surface area contributed by atoms with Gasteiger partial charge in [0.05, 0.1) is 5.69 Å². The van der Waals surface area contributed by atoms with Crippen molar-refractivity contribution in [1.82, 2.24) is 20.2 Å². The molecule has 0 fully saturated rings. The summed E-state index contributed by atoms with van der Waals surface area (Å²) in [5.41, 5.74) is 2.52. The second-order valence-electron chi connectivity index (χ2n) is 6.14. The third kappa shape index (κ3) is 4.64. The van der Waals surface area contributed by atoms with E-state index in [0.717, 1.165) is 57.2 Å². The van der Waals surface area contributed by atoms with Gasteiger partial charge in [-0.25, -0.2) is 9.97 Å². The van der Waals surface area contributed by atoms with Crippen molar-refractivity contribution in [3.05, 3.63) is 17.1 Å². The number of hydrogen-bond acceptors (Lipinski definition) is 5. The van der Waals surface area contributed by atoms with Crippen LogP contribution < -0.4 is 10.6 Å². The zero-order valence-electron chi connectivity index (χ0n) is 13.9. The molecule has 5 nitrogen and oxygen atoms in total. The molecule has 0 radical (unpaired) electrons. The minimum absolute atomic E-state index is 0.602. The first-order valence-electron chi connectivity index (χ1n) is 8.09. The minimum atomic E-state index is 0.602. The maximum absolute atomic E-state index is 4.64. The van der Waals surface area contributed by atoms with E-state index >= 15 is 0 Å². The molecule has 2 rings (SSSR count). The molecule has 118 valence electrons. The van der Waals surface area contributed by atoms with E-state index < -0.39 is 0 Å². The van der Waals surface area contributed by atoms with Crippen molar-refractivity contribution in [2.24, 2.45) is 5.92 Å². The summed E-state index contributed by atoms with van der Waals surface area (Å²) in [6, 6.07) is 0. The van der Waals surface area contributed by atoms with Crippen LogP contribution in [0.3, 0.4) is 0 Å². The Hall–Kier alpha value is -1.20. The number of aryl methyl sites for hydroxylation is 1. The standard InChI is InChI=1S/C16H29N5/c1-5-21(4)11-12(2)10-18-16-14-6-8-17-9-7-15(14)19-13(3)20-16/h12,17H,5-11H2,1-4H3,(H,18,19,20)/t12-/m1/s1. The lowest BCUT2D eigenvalue weighted by atomic mass is 10.1. The van der Waals surface area contributed by atoms with Gasteiger partial charge in [0, 0.05) is 31.6 Å². The fourth-order valence-corrected chi connectivity index (χ4v) is 2.81. The highest BCUT2D eigenvalue weighted by Gasteiger charge is 2.16. The molecule has 1 aromatic rings. The molecule has 1 aromatic heterocycles. The van der Waals surface area contributed by atoms with E-state index in [0.29, 0.717) is 5.92 Å². The maximum atomic E-state index is 4.64. The second-order valence-corrected chi connectivity index (χ2v) is 6.14. The number of anilines is 1. The predicted molar refractivity (Wildman–Crippen MR) is 87.9 cm³/mol. The van der Waals surface area contributed by atoms with Crippen LogP contribution >= 0.6 is 0 Å². The molecule has 5 heteroatoms. The molecule has 0 spiro atoms. The summed E-state index contributed by atoms with van der Waals surface area (Å²) in [4.78, 5) is 11.6. The van der Waals surface area contributed by atoms with Crippen molar-refractivity contribution in [3.8, 4) is 0 Å². The molecule has 1 aliphatic heterocycles. The number of hydrogen-bond donors (Lipinski definition) is 2. The summed E-state index contributed by atoms with van der Waals surface area (Å²) >= 11 is 0. The van der Waals surface area contributed by atoms with Crippen LogP contribution in [0.15, 0.2) is 0 Å². The van der Waals surface area contributed by atoms with Crippen LogP contribution in [0.4, 0.5) is 5.82 Å². The lowest BCUT2D eigenvalue weighted by Gasteiger charge is -2.21. The van der Waals surface area contributed by atoms with Gasteiger partial charge in [0.1, 0.15) is 11.6 Å². The SMILES string of the molecule is CCN(C)C[C@H](C)CNc1nc(C)nc2c1CCNCC2. The van der Waals surface area contributed by atoms with Gasteiger partial charge < -0.3 is 15.5 Å². The van der Waals surface area contributed by atoms with E-state index in [9.17, 15) is 0 Å². The highest BCUT2D eigenvalue weighted by molar-refractivity contribution is 5.47. The van der Waals surface area contributed by atoms with Crippen LogP contribution in [0.2, 0.25) is 0 Å². The van der Waals surface area contributed by atoms with Crippen LogP contribution in [0.5, 0.6) is 0 Å². The lowest BCUT2D eigenvalue weighted by molar-refractivity contribution is 0.305. The van der Waals surface area contributed by atoms with E-state index in [1.807, 2.05) is 6.92 Å². The van der Waals surface area contributed by atoms with E-state index in [2.05, 4.69) is 46.4 Å². The third-order valence-electron chi connectivity index (χ3n) is 4.08. The zero-order chi connectivity index (χ0) is 15.2. The van der Waals surface area contributed by atoms with Crippen LogP contribution in [0.1, 0.15) is 30.9 Å². The van der Waals surface area contributed by atoms with Gasteiger partial charge >= 0.3 is 0 Å². The Morgan fingerprint density at radius 3 is 2.81 bits per heavy atom. The molecule has 21 heavy (non-hydrogen) atoms. The largest absolute Gasteiger partial charge is 0.369 e. The van der Waals surface area contributed by atoms with Gasteiger partial charge in [0.2, 0.25) is 0 Å². The predicted octanol–water partition coefficient (Wildman–Crippen LogP) is 1.47. The van der Waals surface area contributed by atoms with Gasteiger partial charge in [-0.15, -0.1) is 0 Å². The summed E-state index contributed by atoms with van der Waals surface area (Å²) < 4.78 is 0. The van der Waals surface area contributed by atoms with Gasteiger partial charge in [-0.1, -0.05) is 13.8 Å². The Bertz CT molecular complexity index is 460. The van der Waals surface area contributed by atoms with Crippen LogP contribution in [0, 0.1) is 12.8 Å². The van der Waals surface area contributed by atoms with Crippen molar-refractivity contribution in [3.63, 3.8) is 0 Å². The highest BCUT2D eigenvalue weighted by atomic mass is 15.1. The van der Waals surface area contributed by atoms with Crippen LogP contribution in [-0.4, -0.2) is 54.6 Å². The minimum Gasteiger partial charge on any atom is -0.369 e. The fourth-order valence-electron chi connectivity index (χ4n) is 2.81. The third-order valence-corrected chi connectivity index (χ3v) is 4.08. The summed E-state index contributed by atoms with van der Waals surface area (Å²) in [6.07, 6.45) is 2.02. The van der Waals surface area contributed by atoms with Crippen LogP contribution in [0.25, 0.3) is 0 Å². The molecule has 2 heterocycles.